The van der Waals surface area contributed by atoms with Gasteiger partial charge in [-0.3, -0.25) is 9.69 Å². The van der Waals surface area contributed by atoms with Gasteiger partial charge in [-0.2, -0.15) is 0 Å². The van der Waals surface area contributed by atoms with Crippen molar-refractivity contribution in [1.82, 2.24) is 4.90 Å². The van der Waals surface area contributed by atoms with Gasteiger partial charge >= 0.3 is 6.03 Å². The van der Waals surface area contributed by atoms with Gasteiger partial charge in [0, 0.05) is 24.5 Å². The van der Waals surface area contributed by atoms with Gasteiger partial charge in [-0.25, -0.2) is 4.79 Å². The third-order valence-corrected chi connectivity index (χ3v) is 4.85. The van der Waals surface area contributed by atoms with Crippen LogP contribution in [0.2, 0.25) is 0 Å². The summed E-state index contributed by atoms with van der Waals surface area (Å²) in [6.07, 6.45) is 0.855. The number of benzene rings is 2. The quantitative estimate of drug-likeness (QED) is 0.912. The first-order chi connectivity index (χ1) is 12.5. The summed E-state index contributed by atoms with van der Waals surface area (Å²) in [7, 11) is 0. The molecule has 3 amide bonds. The lowest BCUT2D eigenvalue weighted by Gasteiger charge is -2.27. The molecule has 2 aromatic rings. The summed E-state index contributed by atoms with van der Waals surface area (Å²) in [6.45, 7) is 7.01. The van der Waals surface area contributed by atoms with E-state index in [0.717, 1.165) is 28.9 Å². The molecule has 1 N–H and O–H groups in total. The number of carbonyl (C=O) groups is 2. The van der Waals surface area contributed by atoms with Crippen LogP contribution >= 0.6 is 0 Å². The Morgan fingerprint density at radius 2 is 1.77 bits per heavy atom. The Hall–Kier alpha value is -2.82. The number of hydrogen-bond donors (Lipinski definition) is 1. The highest BCUT2D eigenvalue weighted by atomic mass is 16.2. The maximum absolute atomic E-state index is 12.9. The van der Waals surface area contributed by atoms with Crippen LogP contribution < -0.4 is 10.2 Å². The number of amides is 3. The molecule has 0 saturated carbocycles. The summed E-state index contributed by atoms with van der Waals surface area (Å²) in [5.41, 5.74) is 4.98. The zero-order valence-corrected chi connectivity index (χ0v) is 15.6. The largest absolute Gasteiger partial charge is 0.324 e. The number of anilines is 2. The molecule has 0 aromatic heterocycles. The predicted molar refractivity (Wildman–Crippen MR) is 105 cm³/mol. The molecule has 1 heterocycles. The number of para-hydroxylation sites is 2. The third-order valence-electron chi connectivity index (χ3n) is 4.85. The fourth-order valence-corrected chi connectivity index (χ4v) is 3.39. The smallest absolute Gasteiger partial charge is 0.324 e. The van der Waals surface area contributed by atoms with Gasteiger partial charge in [0.25, 0.3) is 0 Å². The van der Waals surface area contributed by atoms with Crippen molar-refractivity contribution in [2.45, 2.75) is 27.2 Å². The van der Waals surface area contributed by atoms with E-state index in [4.69, 9.17) is 0 Å². The van der Waals surface area contributed by atoms with Gasteiger partial charge in [-0.1, -0.05) is 36.4 Å². The maximum atomic E-state index is 12.9. The molecule has 0 unspecified atom stereocenters. The van der Waals surface area contributed by atoms with E-state index in [1.807, 2.05) is 63.2 Å². The Bertz CT molecular complexity index is 812. The van der Waals surface area contributed by atoms with Crippen molar-refractivity contribution in [2.75, 3.05) is 29.9 Å². The fourth-order valence-electron chi connectivity index (χ4n) is 3.39. The number of urea groups is 1. The minimum absolute atomic E-state index is 0.0434. The van der Waals surface area contributed by atoms with Gasteiger partial charge in [-0.15, -0.1) is 0 Å². The highest BCUT2D eigenvalue weighted by molar-refractivity contribution is 5.99. The van der Waals surface area contributed by atoms with E-state index in [-0.39, 0.29) is 18.5 Å². The van der Waals surface area contributed by atoms with Gasteiger partial charge in [0.15, 0.2) is 0 Å². The van der Waals surface area contributed by atoms with Gasteiger partial charge < -0.3 is 10.2 Å². The summed E-state index contributed by atoms with van der Waals surface area (Å²) in [5.74, 6) is -0.176. The SMILES string of the molecule is CCN(CC(=O)Nc1c(C)cccc1C)C(=O)N1CCc2ccccc21. The monoisotopic (exact) mass is 351 g/mol. The molecule has 0 aliphatic carbocycles. The second-order valence-electron chi connectivity index (χ2n) is 6.64. The molecule has 0 fully saturated rings. The molecule has 0 spiro atoms. The van der Waals surface area contributed by atoms with E-state index in [1.165, 1.54) is 5.56 Å². The van der Waals surface area contributed by atoms with Crippen LogP contribution in [0, 0.1) is 13.8 Å². The number of rotatable bonds is 4. The molecule has 1 aliphatic rings. The van der Waals surface area contributed by atoms with Crippen LogP contribution in [0.25, 0.3) is 0 Å². The number of likely N-dealkylation sites (N-methyl/N-ethyl adjacent to an activating group) is 1. The van der Waals surface area contributed by atoms with E-state index >= 15 is 0 Å². The lowest BCUT2D eigenvalue weighted by Crippen LogP contribution is -2.45. The minimum atomic E-state index is -0.176. The van der Waals surface area contributed by atoms with Crippen LogP contribution in [0.4, 0.5) is 16.2 Å². The summed E-state index contributed by atoms with van der Waals surface area (Å²) in [6, 6.07) is 13.7. The highest BCUT2D eigenvalue weighted by Crippen LogP contribution is 2.28. The highest BCUT2D eigenvalue weighted by Gasteiger charge is 2.28. The molecule has 1 aliphatic heterocycles. The van der Waals surface area contributed by atoms with Crippen LogP contribution in [-0.2, 0) is 11.2 Å². The van der Waals surface area contributed by atoms with E-state index in [1.54, 1.807) is 9.80 Å². The molecular formula is C21H25N3O2. The van der Waals surface area contributed by atoms with E-state index in [9.17, 15) is 9.59 Å². The first kappa shape index (κ1) is 18.0. The first-order valence-corrected chi connectivity index (χ1v) is 9.01. The van der Waals surface area contributed by atoms with Gasteiger partial charge in [0.05, 0.1) is 0 Å². The Morgan fingerprint density at radius 3 is 2.46 bits per heavy atom. The number of carbonyl (C=O) groups excluding carboxylic acids is 2. The second-order valence-corrected chi connectivity index (χ2v) is 6.64. The summed E-state index contributed by atoms with van der Waals surface area (Å²) >= 11 is 0. The number of hydrogen-bond acceptors (Lipinski definition) is 2. The maximum Gasteiger partial charge on any atom is 0.324 e. The molecule has 3 rings (SSSR count). The van der Waals surface area contributed by atoms with E-state index in [2.05, 4.69) is 5.32 Å². The number of fused-ring (bicyclic) bond motifs is 1. The third kappa shape index (κ3) is 3.57. The van der Waals surface area contributed by atoms with Crippen molar-refractivity contribution in [2.24, 2.45) is 0 Å². The van der Waals surface area contributed by atoms with Crippen molar-refractivity contribution >= 4 is 23.3 Å². The molecule has 0 bridgehead atoms. The molecule has 5 nitrogen and oxygen atoms in total. The normalized spacial score (nSPS) is 12.7. The zero-order valence-electron chi connectivity index (χ0n) is 15.6. The molecule has 2 aromatic carbocycles. The number of nitrogens with zero attached hydrogens (tertiary/aromatic N) is 2. The summed E-state index contributed by atoms with van der Waals surface area (Å²) < 4.78 is 0. The van der Waals surface area contributed by atoms with Crippen LogP contribution in [0.3, 0.4) is 0 Å². The fraction of sp³-hybridized carbons (Fsp3) is 0.333. The molecule has 0 radical (unpaired) electrons. The van der Waals surface area contributed by atoms with Gasteiger partial charge in [0.1, 0.15) is 6.54 Å². The van der Waals surface area contributed by atoms with Crippen molar-refractivity contribution in [3.63, 3.8) is 0 Å². The summed E-state index contributed by atoms with van der Waals surface area (Å²) in [5, 5.41) is 2.96. The molecule has 0 atom stereocenters. The van der Waals surface area contributed by atoms with E-state index < -0.39 is 0 Å². The lowest BCUT2D eigenvalue weighted by atomic mass is 10.1. The zero-order chi connectivity index (χ0) is 18.7. The Kier molecular flexibility index (Phi) is 5.26. The minimum Gasteiger partial charge on any atom is -0.324 e. The topological polar surface area (TPSA) is 52.7 Å². The number of nitrogens with one attached hydrogen (secondary N) is 1. The number of aryl methyl sites for hydroxylation is 2. The summed E-state index contributed by atoms with van der Waals surface area (Å²) in [4.78, 5) is 28.8. The van der Waals surface area contributed by atoms with Crippen LogP contribution in [0.1, 0.15) is 23.6 Å². The van der Waals surface area contributed by atoms with E-state index in [0.29, 0.717) is 13.1 Å². The van der Waals surface area contributed by atoms with Crippen LogP contribution in [-0.4, -0.2) is 36.5 Å². The van der Waals surface area contributed by atoms with Crippen molar-refractivity contribution < 1.29 is 9.59 Å². The molecule has 136 valence electrons. The molecular weight excluding hydrogens is 326 g/mol. The molecule has 26 heavy (non-hydrogen) atoms. The Morgan fingerprint density at radius 1 is 1.08 bits per heavy atom. The first-order valence-electron chi connectivity index (χ1n) is 9.01. The van der Waals surface area contributed by atoms with Crippen LogP contribution in [0.15, 0.2) is 42.5 Å². The average molecular weight is 351 g/mol. The molecule has 0 saturated heterocycles. The Labute approximate surface area is 154 Å². The standard InChI is InChI=1S/C21H25N3O2/c1-4-23(14-19(25)22-20-15(2)8-7-9-16(20)3)21(26)24-13-12-17-10-5-6-11-18(17)24/h5-11H,4,12-14H2,1-3H3,(H,22,25). The van der Waals surface area contributed by atoms with Crippen LogP contribution in [0.5, 0.6) is 0 Å². The van der Waals surface area contributed by atoms with Crippen molar-refractivity contribution in [3.8, 4) is 0 Å². The predicted octanol–water partition coefficient (Wildman–Crippen LogP) is 3.75. The second kappa shape index (κ2) is 7.60. The lowest BCUT2D eigenvalue weighted by molar-refractivity contribution is -0.116. The van der Waals surface area contributed by atoms with Crippen molar-refractivity contribution in [3.05, 3.63) is 59.2 Å². The van der Waals surface area contributed by atoms with Gasteiger partial charge in [0.2, 0.25) is 5.91 Å². The van der Waals surface area contributed by atoms with Gasteiger partial charge in [-0.05, 0) is 49.9 Å². The molecule has 5 heteroatoms. The average Bonchev–Trinajstić information content (AvgIpc) is 3.06. The Balaban J connectivity index is 1.70. The van der Waals surface area contributed by atoms with Crippen molar-refractivity contribution in [1.29, 1.82) is 0 Å².